The van der Waals surface area contributed by atoms with Crippen LogP contribution < -0.4 is 10.2 Å². The van der Waals surface area contributed by atoms with Crippen LogP contribution in [0, 0.1) is 6.92 Å². The van der Waals surface area contributed by atoms with Crippen LogP contribution in [0.5, 0.6) is 5.75 Å². The molecule has 1 amide bonds. The number of aryl methyl sites for hydroxylation is 1. The van der Waals surface area contributed by atoms with Gasteiger partial charge in [0.05, 0.1) is 4.47 Å². The second kappa shape index (κ2) is 8.90. The molecule has 0 aliphatic heterocycles. The van der Waals surface area contributed by atoms with Crippen LogP contribution in [0.2, 0.25) is 0 Å². The van der Waals surface area contributed by atoms with Gasteiger partial charge in [0.15, 0.2) is 6.61 Å². The highest BCUT2D eigenvalue weighted by Gasteiger charge is 2.04. The maximum Gasteiger partial charge on any atom is 0.277 e. The number of hydrogen-bond acceptors (Lipinski definition) is 3. The number of rotatable bonds is 6. The summed E-state index contributed by atoms with van der Waals surface area (Å²) in [7, 11) is 0. The van der Waals surface area contributed by atoms with Gasteiger partial charge in [0.25, 0.3) is 5.91 Å². The maximum absolute atomic E-state index is 11.6. The molecule has 0 aromatic heterocycles. The van der Waals surface area contributed by atoms with Crippen molar-refractivity contribution in [3.05, 3.63) is 70.2 Å². The van der Waals surface area contributed by atoms with Crippen molar-refractivity contribution in [3.8, 4) is 5.75 Å². The molecule has 23 heavy (non-hydrogen) atoms. The fourth-order valence-corrected chi connectivity index (χ4v) is 2.38. The lowest BCUT2D eigenvalue weighted by Crippen LogP contribution is -2.24. The minimum atomic E-state index is -0.318. The molecule has 118 valence electrons. The third-order valence-corrected chi connectivity index (χ3v) is 3.50. The molecule has 0 fully saturated rings. The second-order valence-electron chi connectivity index (χ2n) is 4.81. The maximum atomic E-state index is 11.6. The first-order chi connectivity index (χ1) is 11.1. The number of benzene rings is 2. The fourth-order valence-electron chi connectivity index (χ4n) is 1.77. The van der Waals surface area contributed by atoms with Crippen LogP contribution in [0.1, 0.15) is 11.1 Å². The Morgan fingerprint density at radius 3 is 2.78 bits per heavy atom. The van der Waals surface area contributed by atoms with Crippen molar-refractivity contribution in [3.63, 3.8) is 0 Å². The molecular weight excluding hydrogens is 356 g/mol. The molecule has 0 radical (unpaired) electrons. The summed E-state index contributed by atoms with van der Waals surface area (Å²) in [5, 5.41) is 3.83. The van der Waals surface area contributed by atoms with Crippen LogP contribution in [0.3, 0.4) is 0 Å². The first-order valence-electron chi connectivity index (χ1n) is 7.08. The molecule has 0 spiro atoms. The van der Waals surface area contributed by atoms with Crippen LogP contribution in [-0.4, -0.2) is 18.7 Å². The number of carbonyl (C=O) groups is 1. The molecule has 1 N–H and O–H groups in total. The number of ether oxygens (including phenoxy) is 1. The van der Waals surface area contributed by atoms with E-state index in [1.807, 2.05) is 61.5 Å². The molecule has 0 bridgehead atoms. The predicted octanol–water partition coefficient (Wildman–Crippen LogP) is 3.95. The van der Waals surface area contributed by atoms with Gasteiger partial charge >= 0.3 is 0 Å². The second-order valence-corrected chi connectivity index (χ2v) is 5.66. The number of nitrogens with zero attached hydrogens (tertiary/aromatic N) is 1. The zero-order valence-electron chi connectivity index (χ0n) is 12.7. The van der Waals surface area contributed by atoms with E-state index in [-0.39, 0.29) is 12.5 Å². The highest BCUT2D eigenvalue weighted by atomic mass is 79.9. The Morgan fingerprint density at radius 1 is 1.26 bits per heavy atom. The lowest BCUT2D eigenvalue weighted by Gasteiger charge is -2.07. The molecular formula is C18H17BrN2O2. The first-order valence-corrected chi connectivity index (χ1v) is 7.87. The van der Waals surface area contributed by atoms with Crippen molar-refractivity contribution in [1.82, 2.24) is 5.43 Å². The summed E-state index contributed by atoms with van der Waals surface area (Å²) in [4.78, 5) is 11.6. The lowest BCUT2D eigenvalue weighted by atomic mass is 10.2. The fraction of sp³-hybridized carbons (Fsp3) is 0.111. The van der Waals surface area contributed by atoms with E-state index >= 15 is 0 Å². The van der Waals surface area contributed by atoms with Gasteiger partial charge in [-0.3, -0.25) is 4.79 Å². The Kier molecular flexibility index (Phi) is 6.56. The standard InChI is InChI=1S/C18H17BrN2O2/c1-14-9-10-17(16(19)12-14)23-13-18(22)21-20-11-5-8-15-6-3-2-4-7-15/h2-12H,13H2,1H3,(H,21,22)/b8-5+,20-11+. The van der Waals surface area contributed by atoms with Crippen LogP contribution in [0.25, 0.3) is 6.08 Å². The van der Waals surface area contributed by atoms with Crippen molar-refractivity contribution in [2.24, 2.45) is 5.10 Å². The van der Waals surface area contributed by atoms with E-state index in [4.69, 9.17) is 4.74 Å². The summed E-state index contributed by atoms with van der Waals surface area (Å²) < 4.78 is 6.25. The van der Waals surface area contributed by atoms with E-state index in [1.165, 1.54) is 6.21 Å². The lowest BCUT2D eigenvalue weighted by molar-refractivity contribution is -0.123. The Balaban J connectivity index is 1.74. The number of allylic oxidation sites excluding steroid dienone is 1. The third kappa shape index (κ3) is 6.08. The Bertz CT molecular complexity index is 712. The van der Waals surface area contributed by atoms with E-state index in [9.17, 15) is 4.79 Å². The normalized spacial score (nSPS) is 11.0. The number of carbonyl (C=O) groups excluding carboxylic acids is 1. The molecule has 0 saturated heterocycles. The zero-order chi connectivity index (χ0) is 16.5. The van der Waals surface area contributed by atoms with Gasteiger partial charge in [0.1, 0.15) is 5.75 Å². The molecule has 0 atom stereocenters. The van der Waals surface area contributed by atoms with E-state index < -0.39 is 0 Å². The summed E-state index contributed by atoms with van der Waals surface area (Å²) in [5.74, 6) is 0.306. The minimum absolute atomic E-state index is 0.0958. The molecule has 0 heterocycles. The minimum Gasteiger partial charge on any atom is -0.483 e. The number of halogens is 1. The molecule has 2 rings (SSSR count). The van der Waals surface area contributed by atoms with Crippen LogP contribution >= 0.6 is 15.9 Å². The molecule has 0 unspecified atom stereocenters. The number of nitrogens with one attached hydrogen (secondary N) is 1. The average molecular weight is 373 g/mol. The van der Waals surface area contributed by atoms with Gasteiger partial charge in [-0.15, -0.1) is 0 Å². The number of amides is 1. The summed E-state index contributed by atoms with van der Waals surface area (Å²) in [6, 6.07) is 15.5. The summed E-state index contributed by atoms with van der Waals surface area (Å²) in [5.41, 5.74) is 4.59. The third-order valence-electron chi connectivity index (χ3n) is 2.88. The monoisotopic (exact) mass is 372 g/mol. The summed E-state index contributed by atoms with van der Waals surface area (Å²) in [6.45, 7) is 1.89. The first kappa shape index (κ1) is 17.0. The molecule has 0 aliphatic rings. The quantitative estimate of drug-likeness (QED) is 0.616. The molecule has 0 saturated carbocycles. The van der Waals surface area contributed by atoms with Crippen molar-refractivity contribution < 1.29 is 9.53 Å². The highest BCUT2D eigenvalue weighted by Crippen LogP contribution is 2.25. The van der Waals surface area contributed by atoms with Gasteiger partial charge in [0, 0.05) is 6.21 Å². The number of hydrogen-bond donors (Lipinski definition) is 1. The van der Waals surface area contributed by atoms with Crippen molar-refractivity contribution in [2.75, 3.05) is 6.61 Å². The Labute approximate surface area is 144 Å². The molecule has 2 aromatic carbocycles. The van der Waals surface area contributed by atoms with Gasteiger partial charge in [0.2, 0.25) is 0 Å². The van der Waals surface area contributed by atoms with Gasteiger partial charge in [-0.2, -0.15) is 5.10 Å². The largest absolute Gasteiger partial charge is 0.483 e. The smallest absolute Gasteiger partial charge is 0.277 e. The van der Waals surface area contributed by atoms with Gasteiger partial charge < -0.3 is 4.74 Å². The summed E-state index contributed by atoms with van der Waals surface area (Å²) in [6.07, 6.45) is 5.18. The van der Waals surface area contributed by atoms with Crippen LogP contribution in [0.15, 0.2) is 64.2 Å². The topological polar surface area (TPSA) is 50.7 Å². The van der Waals surface area contributed by atoms with Crippen LogP contribution in [-0.2, 0) is 4.79 Å². The van der Waals surface area contributed by atoms with Gasteiger partial charge in [-0.1, -0.05) is 42.5 Å². The zero-order valence-corrected chi connectivity index (χ0v) is 14.3. The average Bonchev–Trinajstić information content (AvgIpc) is 2.54. The van der Waals surface area contributed by atoms with Crippen molar-refractivity contribution in [1.29, 1.82) is 0 Å². The van der Waals surface area contributed by atoms with Gasteiger partial charge in [-0.05, 0) is 52.2 Å². The molecule has 2 aromatic rings. The van der Waals surface area contributed by atoms with Crippen LogP contribution in [0.4, 0.5) is 0 Å². The SMILES string of the molecule is Cc1ccc(OCC(=O)N/N=C/C=C/c2ccccc2)c(Br)c1. The Hall–Kier alpha value is -2.40. The number of hydrazone groups is 1. The van der Waals surface area contributed by atoms with Crippen molar-refractivity contribution >= 4 is 34.1 Å². The molecule has 5 heteroatoms. The summed E-state index contributed by atoms with van der Waals surface area (Å²) >= 11 is 3.40. The van der Waals surface area contributed by atoms with E-state index in [0.29, 0.717) is 5.75 Å². The van der Waals surface area contributed by atoms with E-state index in [1.54, 1.807) is 6.08 Å². The highest BCUT2D eigenvalue weighted by molar-refractivity contribution is 9.10. The Morgan fingerprint density at radius 2 is 2.04 bits per heavy atom. The molecule has 4 nitrogen and oxygen atoms in total. The van der Waals surface area contributed by atoms with Crippen molar-refractivity contribution in [2.45, 2.75) is 6.92 Å². The predicted molar refractivity (Wildman–Crippen MR) is 96.5 cm³/mol. The van der Waals surface area contributed by atoms with E-state index in [2.05, 4.69) is 26.5 Å². The van der Waals surface area contributed by atoms with Gasteiger partial charge in [-0.25, -0.2) is 5.43 Å². The molecule has 0 aliphatic carbocycles. The van der Waals surface area contributed by atoms with E-state index in [0.717, 1.165) is 15.6 Å².